The molecule has 3 N–H and O–H groups in total. The lowest BCUT2D eigenvalue weighted by atomic mass is 10.3. The van der Waals surface area contributed by atoms with Gasteiger partial charge in [-0.05, 0) is 26.0 Å². The van der Waals surface area contributed by atoms with Crippen molar-refractivity contribution in [2.75, 3.05) is 18.2 Å². The van der Waals surface area contributed by atoms with E-state index in [1.54, 1.807) is 13.2 Å². The minimum Gasteiger partial charge on any atom is -0.495 e. The molecular formula is C13H17ClN4O. The molecule has 0 spiro atoms. The van der Waals surface area contributed by atoms with Gasteiger partial charge in [0, 0.05) is 18.3 Å². The zero-order chi connectivity index (χ0) is 14.0. The molecule has 0 saturated heterocycles. The Labute approximate surface area is 117 Å². The second-order valence-electron chi connectivity index (χ2n) is 4.14. The molecule has 1 heterocycles. The number of nitrogens with one attached hydrogen (secondary N) is 1. The lowest BCUT2D eigenvalue weighted by Crippen LogP contribution is -2.04. The smallest absolute Gasteiger partial charge is 0.152 e. The van der Waals surface area contributed by atoms with Crippen LogP contribution in [0.15, 0.2) is 18.2 Å². The normalized spacial score (nSPS) is 10.5. The first-order chi connectivity index (χ1) is 9.06. The molecule has 1 aromatic carbocycles. The van der Waals surface area contributed by atoms with Gasteiger partial charge in [0.15, 0.2) is 5.82 Å². The standard InChI is InChI=1S/C13H17ClN4O/c1-4-18-13(12(15)8(2)17-18)16-9-5-6-10(14)11(7-9)19-3/h5-7,16H,4,15H2,1-3H3. The number of anilines is 3. The number of nitrogen functional groups attached to an aromatic ring is 1. The fraction of sp³-hybridized carbons (Fsp3) is 0.308. The van der Waals surface area contributed by atoms with Crippen molar-refractivity contribution in [2.45, 2.75) is 20.4 Å². The van der Waals surface area contributed by atoms with Gasteiger partial charge in [-0.1, -0.05) is 11.6 Å². The maximum atomic E-state index is 6.02. The van der Waals surface area contributed by atoms with Crippen LogP contribution in [0.5, 0.6) is 5.75 Å². The Morgan fingerprint density at radius 1 is 1.47 bits per heavy atom. The van der Waals surface area contributed by atoms with Gasteiger partial charge < -0.3 is 15.8 Å². The van der Waals surface area contributed by atoms with Crippen LogP contribution in [0.3, 0.4) is 0 Å². The summed E-state index contributed by atoms with van der Waals surface area (Å²) < 4.78 is 7.01. The van der Waals surface area contributed by atoms with Gasteiger partial charge in [-0.2, -0.15) is 5.10 Å². The molecule has 0 bridgehead atoms. The second kappa shape index (κ2) is 5.40. The minimum absolute atomic E-state index is 0.571. The summed E-state index contributed by atoms with van der Waals surface area (Å²) >= 11 is 6.00. The molecule has 6 heteroatoms. The molecule has 0 fully saturated rings. The van der Waals surface area contributed by atoms with Crippen LogP contribution in [0.25, 0.3) is 0 Å². The van der Waals surface area contributed by atoms with E-state index in [-0.39, 0.29) is 0 Å². The summed E-state index contributed by atoms with van der Waals surface area (Å²) in [5.41, 5.74) is 8.33. The summed E-state index contributed by atoms with van der Waals surface area (Å²) in [7, 11) is 1.58. The number of nitrogens with two attached hydrogens (primary N) is 1. The van der Waals surface area contributed by atoms with Crippen molar-refractivity contribution in [3.05, 3.63) is 28.9 Å². The van der Waals surface area contributed by atoms with E-state index >= 15 is 0 Å². The Bertz CT molecular complexity index is 595. The number of aromatic nitrogens is 2. The quantitative estimate of drug-likeness (QED) is 0.903. The lowest BCUT2D eigenvalue weighted by Gasteiger charge is -2.11. The van der Waals surface area contributed by atoms with E-state index in [2.05, 4.69) is 10.4 Å². The maximum absolute atomic E-state index is 6.02. The molecule has 0 radical (unpaired) electrons. The van der Waals surface area contributed by atoms with Gasteiger partial charge in [0.05, 0.1) is 23.5 Å². The number of hydrogen-bond acceptors (Lipinski definition) is 4. The molecule has 0 atom stereocenters. The van der Waals surface area contributed by atoms with Gasteiger partial charge in [-0.3, -0.25) is 0 Å². The number of nitrogens with zero attached hydrogens (tertiary/aromatic N) is 2. The summed E-state index contributed by atoms with van der Waals surface area (Å²) in [5.74, 6) is 1.40. The lowest BCUT2D eigenvalue weighted by molar-refractivity contribution is 0.415. The molecule has 1 aromatic heterocycles. The van der Waals surface area contributed by atoms with Crippen LogP contribution < -0.4 is 15.8 Å². The molecule has 5 nitrogen and oxygen atoms in total. The predicted molar refractivity (Wildman–Crippen MR) is 78.3 cm³/mol. The fourth-order valence-electron chi connectivity index (χ4n) is 1.83. The van der Waals surface area contributed by atoms with Crippen molar-refractivity contribution in [3.8, 4) is 5.75 Å². The summed E-state index contributed by atoms with van der Waals surface area (Å²) in [6.07, 6.45) is 0. The van der Waals surface area contributed by atoms with Crippen LogP contribution in [-0.2, 0) is 6.54 Å². The molecule has 19 heavy (non-hydrogen) atoms. The molecule has 0 aliphatic rings. The topological polar surface area (TPSA) is 65.1 Å². The van der Waals surface area contributed by atoms with Crippen molar-refractivity contribution in [1.29, 1.82) is 0 Å². The highest BCUT2D eigenvalue weighted by atomic mass is 35.5. The van der Waals surface area contributed by atoms with Gasteiger partial charge in [-0.15, -0.1) is 0 Å². The molecule has 2 aromatic rings. The Hall–Kier alpha value is -1.88. The zero-order valence-corrected chi connectivity index (χ0v) is 12.0. The third kappa shape index (κ3) is 2.61. The van der Waals surface area contributed by atoms with Gasteiger partial charge in [0.1, 0.15) is 5.75 Å². The van der Waals surface area contributed by atoms with E-state index in [0.29, 0.717) is 16.5 Å². The maximum Gasteiger partial charge on any atom is 0.152 e. The molecule has 0 saturated carbocycles. The van der Waals surface area contributed by atoms with E-state index < -0.39 is 0 Å². The number of hydrogen-bond donors (Lipinski definition) is 2. The molecule has 0 amide bonds. The number of rotatable bonds is 4. The summed E-state index contributed by atoms with van der Waals surface area (Å²) in [4.78, 5) is 0. The molecule has 0 aliphatic heterocycles. The van der Waals surface area contributed by atoms with Crippen LogP contribution in [-0.4, -0.2) is 16.9 Å². The van der Waals surface area contributed by atoms with Crippen molar-refractivity contribution in [1.82, 2.24) is 9.78 Å². The Kier molecular flexibility index (Phi) is 3.85. The van der Waals surface area contributed by atoms with Crippen LogP contribution in [0, 0.1) is 6.92 Å². The van der Waals surface area contributed by atoms with E-state index in [9.17, 15) is 0 Å². The van der Waals surface area contributed by atoms with Crippen LogP contribution in [0.2, 0.25) is 5.02 Å². The highest BCUT2D eigenvalue weighted by Crippen LogP contribution is 2.31. The van der Waals surface area contributed by atoms with Gasteiger partial charge in [-0.25, -0.2) is 4.68 Å². The minimum atomic E-state index is 0.571. The first kappa shape index (κ1) is 13.5. The highest BCUT2D eigenvalue weighted by molar-refractivity contribution is 6.32. The predicted octanol–water partition coefficient (Wildman–Crippen LogP) is 3.20. The average molecular weight is 281 g/mol. The zero-order valence-electron chi connectivity index (χ0n) is 11.2. The third-order valence-corrected chi connectivity index (χ3v) is 3.20. The Morgan fingerprint density at radius 3 is 2.84 bits per heavy atom. The first-order valence-corrected chi connectivity index (χ1v) is 6.38. The van der Waals surface area contributed by atoms with E-state index in [4.69, 9.17) is 22.1 Å². The van der Waals surface area contributed by atoms with Crippen molar-refractivity contribution >= 4 is 28.8 Å². The number of aryl methyl sites for hydroxylation is 2. The fourth-order valence-corrected chi connectivity index (χ4v) is 2.02. The largest absolute Gasteiger partial charge is 0.495 e. The monoisotopic (exact) mass is 280 g/mol. The molecule has 102 valence electrons. The first-order valence-electron chi connectivity index (χ1n) is 6.00. The van der Waals surface area contributed by atoms with E-state index in [1.165, 1.54) is 0 Å². The molecule has 0 aliphatic carbocycles. The number of ether oxygens (including phenoxy) is 1. The van der Waals surface area contributed by atoms with Crippen molar-refractivity contribution in [3.63, 3.8) is 0 Å². The van der Waals surface area contributed by atoms with Crippen LogP contribution in [0.4, 0.5) is 17.2 Å². The summed E-state index contributed by atoms with van der Waals surface area (Å²) in [6, 6.07) is 5.47. The molecule has 0 unspecified atom stereocenters. The van der Waals surface area contributed by atoms with E-state index in [1.807, 2.05) is 30.7 Å². The van der Waals surface area contributed by atoms with Gasteiger partial charge in [0.25, 0.3) is 0 Å². The second-order valence-corrected chi connectivity index (χ2v) is 4.54. The molecule has 2 rings (SSSR count). The van der Waals surface area contributed by atoms with Gasteiger partial charge in [0.2, 0.25) is 0 Å². The summed E-state index contributed by atoms with van der Waals surface area (Å²) in [5, 5.41) is 8.18. The number of benzene rings is 1. The number of halogens is 1. The van der Waals surface area contributed by atoms with Crippen molar-refractivity contribution < 1.29 is 4.74 Å². The average Bonchev–Trinajstić information content (AvgIpc) is 2.68. The van der Waals surface area contributed by atoms with Gasteiger partial charge >= 0.3 is 0 Å². The van der Waals surface area contributed by atoms with Crippen LogP contribution in [0.1, 0.15) is 12.6 Å². The van der Waals surface area contributed by atoms with Crippen molar-refractivity contribution in [2.24, 2.45) is 0 Å². The SMILES string of the molecule is CCn1nc(C)c(N)c1Nc1ccc(Cl)c(OC)c1. The highest BCUT2D eigenvalue weighted by Gasteiger charge is 2.12. The van der Waals surface area contributed by atoms with Crippen LogP contribution >= 0.6 is 11.6 Å². The third-order valence-electron chi connectivity index (χ3n) is 2.89. The molecular weight excluding hydrogens is 264 g/mol. The van der Waals surface area contributed by atoms with E-state index in [0.717, 1.165) is 23.7 Å². The Balaban J connectivity index is 2.36. The Morgan fingerprint density at radius 2 is 2.21 bits per heavy atom. The number of methoxy groups -OCH3 is 1. The summed E-state index contributed by atoms with van der Waals surface area (Å²) in [6.45, 7) is 4.64.